The molecule has 1 saturated heterocycles. The van der Waals surface area contributed by atoms with E-state index in [0.717, 1.165) is 26.1 Å². The number of carbonyl (C=O) groups excluding carboxylic acids is 1. The number of rotatable bonds is 5. The van der Waals surface area contributed by atoms with Gasteiger partial charge in [-0.2, -0.15) is 0 Å². The Balaban J connectivity index is 1.76. The van der Waals surface area contributed by atoms with Gasteiger partial charge in [-0.05, 0) is 26.1 Å². The van der Waals surface area contributed by atoms with Gasteiger partial charge in [0.05, 0.1) is 6.54 Å². The molecule has 0 aromatic heterocycles. The van der Waals surface area contributed by atoms with Crippen LogP contribution in [0.25, 0.3) is 0 Å². The van der Waals surface area contributed by atoms with Crippen LogP contribution in [-0.4, -0.2) is 55.5 Å². The topological polar surface area (TPSA) is 35.6 Å². The number of carbonyl (C=O) groups is 1. The highest BCUT2D eigenvalue weighted by molar-refractivity contribution is 5.78. The van der Waals surface area contributed by atoms with Crippen molar-refractivity contribution in [1.82, 2.24) is 15.1 Å². The first kappa shape index (κ1) is 14.0. The highest BCUT2D eigenvalue weighted by atomic mass is 16.2. The van der Waals surface area contributed by atoms with Crippen molar-refractivity contribution in [2.24, 2.45) is 0 Å². The van der Waals surface area contributed by atoms with Gasteiger partial charge in [0, 0.05) is 25.7 Å². The molecule has 0 radical (unpaired) electrons. The summed E-state index contributed by atoms with van der Waals surface area (Å²) in [6.07, 6.45) is 1.05. The van der Waals surface area contributed by atoms with Crippen LogP contribution in [0.5, 0.6) is 0 Å². The van der Waals surface area contributed by atoms with Gasteiger partial charge < -0.3 is 10.2 Å². The summed E-state index contributed by atoms with van der Waals surface area (Å²) in [5, 5.41) is 3.10. The third kappa shape index (κ3) is 4.65. The predicted molar refractivity (Wildman–Crippen MR) is 76.8 cm³/mol. The van der Waals surface area contributed by atoms with Gasteiger partial charge >= 0.3 is 0 Å². The van der Waals surface area contributed by atoms with Crippen LogP contribution in [0.15, 0.2) is 30.3 Å². The monoisotopic (exact) mass is 261 g/mol. The first-order valence-electron chi connectivity index (χ1n) is 6.84. The summed E-state index contributed by atoms with van der Waals surface area (Å²) in [4.78, 5) is 16.0. The maximum Gasteiger partial charge on any atom is 0.234 e. The minimum atomic E-state index is 0.122. The van der Waals surface area contributed by atoms with E-state index < -0.39 is 0 Å². The molecule has 1 aliphatic heterocycles. The van der Waals surface area contributed by atoms with Crippen molar-refractivity contribution in [2.45, 2.75) is 19.0 Å². The molecule has 0 unspecified atom stereocenters. The van der Waals surface area contributed by atoms with Crippen molar-refractivity contribution in [2.75, 3.05) is 33.7 Å². The number of likely N-dealkylation sites (N-methyl/N-ethyl adjacent to an activating group) is 1. The van der Waals surface area contributed by atoms with E-state index in [9.17, 15) is 4.79 Å². The van der Waals surface area contributed by atoms with E-state index in [1.54, 1.807) is 0 Å². The number of hydrogen-bond donors (Lipinski definition) is 1. The van der Waals surface area contributed by atoms with E-state index in [0.29, 0.717) is 12.6 Å². The zero-order valence-electron chi connectivity index (χ0n) is 11.8. The molecule has 19 heavy (non-hydrogen) atoms. The van der Waals surface area contributed by atoms with E-state index in [1.165, 1.54) is 5.56 Å². The standard InChI is InChI=1S/C15H23N3O/c1-17(2)12-15(19)16-14-8-9-18(11-14)10-13-6-4-3-5-7-13/h3-7,14H,8-12H2,1-2H3,(H,16,19)/t14-/m1/s1. The lowest BCUT2D eigenvalue weighted by Gasteiger charge is -2.17. The Morgan fingerprint density at radius 1 is 1.37 bits per heavy atom. The highest BCUT2D eigenvalue weighted by Gasteiger charge is 2.23. The fourth-order valence-corrected chi connectivity index (χ4v) is 2.50. The van der Waals surface area contributed by atoms with Crippen LogP contribution in [0.4, 0.5) is 0 Å². The van der Waals surface area contributed by atoms with Gasteiger partial charge in [-0.3, -0.25) is 9.69 Å². The van der Waals surface area contributed by atoms with Crippen molar-refractivity contribution in [3.8, 4) is 0 Å². The van der Waals surface area contributed by atoms with Crippen LogP contribution < -0.4 is 5.32 Å². The Morgan fingerprint density at radius 2 is 2.11 bits per heavy atom. The summed E-state index contributed by atoms with van der Waals surface area (Å²) in [5.41, 5.74) is 1.34. The molecule has 0 aliphatic carbocycles. The number of amides is 1. The Labute approximate surface area is 115 Å². The minimum Gasteiger partial charge on any atom is -0.351 e. The van der Waals surface area contributed by atoms with Crippen molar-refractivity contribution < 1.29 is 4.79 Å². The molecule has 4 heteroatoms. The first-order valence-corrected chi connectivity index (χ1v) is 6.84. The first-order chi connectivity index (χ1) is 9.13. The van der Waals surface area contributed by atoms with Crippen LogP contribution in [-0.2, 0) is 11.3 Å². The molecule has 0 saturated carbocycles. The molecule has 1 aliphatic rings. The average Bonchev–Trinajstić information content (AvgIpc) is 2.76. The zero-order valence-corrected chi connectivity index (χ0v) is 11.8. The maximum atomic E-state index is 11.7. The van der Waals surface area contributed by atoms with Crippen LogP contribution in [0.1, 0.15) is 12.0 Å². The number of benzene rings is 1. The van der Waals surface area contributed by atoms with Gasteiger partial charge in [0.15, 0.2) is 0 Å². The van der Waals surface area contributed by atoms with Gasteiger partial charge in [-0.1, -0.05) is 30.3 Å². The van der Waals surface area contributed by atoms with E-state index >= 15 is 0 Å². The van der Waals surface area contributed by atoms with Gasteiger partial charge in [-0.25, -0.2) is 0 Å². The molecule has 1 aromatic rings. The Kier molecular flexibility index (Phi) is 4.93. The van der Waals surface area contributed by atoms with Gasteiger partial charge in [-0.15, -0.1) is 0 Å². The van der Waals surface area contributed by atoms with Crippen molar-refractivity contribution in [3.63, 3.8) is 0 Å². The van der Waals surface area contributed by atoms with Gasteiger partial charge in [0.2, 0.25) is 5.91 Å². The van der Waals surface area contributed by atoms with Crippen LogP contribution in [0.2, 0.25) is 0 Å². The molecule has 0 spiro atoms. The minimum absolute atomic E-state index is 0.122. The zero-order chi connectivity index (χ0) is 13.7. The fourth-order valence-electron chi connectivity index (χ4n) is 2.50. The summed E-state index contributed by atoms with van der Waals surface area (Å²) in [6, 6.07) is 10.8. The van der Waals surface area contributed by atoms with E-state index in [2.05, 4.69) is 34.5 Å². The number of nitrogens with one attached hydrogen (secondary N) is 1. The van der Waals surface area contributed by atoms with Gasteiger partial charge in [0.1, 0.15) is 0 Å². The second-order valence-electron chi connectivity index (χ2n) is 5.51. The van der Waals surface area contributed by atoms with Crippen LogP contribution >= 0.6 is 0 Å². The molecular weight excluding hydrogens is 238 g/mol. The third-order valence-corrected chi connectivity index (χ3v) is 3.35. The second-order valence-corrected chi connectivity index (χ2v) is 5.51. The molecule has 2 rings (SSSR count). The highest BCUT2D eigenvalue weighted by Crippen LogP contribution is 2.13. The summed E-state index contributed by atoms with van der Waals surface area (Å²) in [7, 11) is 3.83. The van der Waals surface area contributed by atoms with E-state index in [4.69, 9.17) is 0 Å². The molecule has 1 heterocycles. The number of hydrogen-bond acceptors (Lipinski definition) is 3. The summed E-state index contributed by atoms with van der Waals surface area (Å²) < 4.78 is 0. The molecule has 1 fully saturated rings. The smallest absolute Gasteiger partial charge is 0.234 e. The lowest BCUT2D eigenvalue weighted by atomic mass is 10.2. The Morgan fingerprint density at radius 3 is 2.79 bits per heavy atom. The lowest BCUT2D eigenvalue weighted by Crippen LogP contribution is -2.41. The molecule has 104 valence electrons. The summed E-state index contributed by atoms with van der Waals surface area (Å²) >= 11 is 0. The van der Waals surface area contributed by atoms with E-state index in [-0.39, 0.29) is 5.91 Å². The molecule has 4 nitrogen and oxygen atoms in total. The van der Waals surface area contributed by atoms with Crippen LogP contribution in [0, 0.1) is 0 Å². The molecule has 0 bridgehead atoms. The molecule has 1 aromatic carbocycles. The number of likely N-dealkylation sites (tertiary alicyclic amines) is 1. The Hall–Kier alpha value is -1.39. The number of nitrogens with zero attached hydrogens (tertiary/aromatic N) is 2. The molecule has 1 atom stereocenters. The fraction of sp³-hybridized carbons (Fsp3) is 0.533. The average molecular weight is 261 g/mol. The predicted octanol–water partition coefficient (Wildman–Crippen LogP) is 0.939. The van der Waals surface area contributed by atoms with Crippen LogP contribution in [0.3, 0.4) is 0 Å². The molecular formula is C15H23N3O. The maximum absolute atomic E-state index is 11.7. The van der Waals surface area contributed by atoms with Crippen molar-refractivity contribution in [3.05, 3.63) is 35.9 Å². The van der Waals surface area contributed by atoms with E-state index in [1.807, 2.05) is 25.1 Å². The lowest BCUT2D eigenvalue weighted by molar-refractivity contribution is -0.122. The van der Waals surface area contributed by atoms with Crippen molar-refractivity contribution >= 4 is 5.91 Å². The largest absolute Gasteiger partial charge is 0.351 e. The Bertz CT molecular complexity index is 405. The normalized spacial score (nSPS) is 19.8. The van der Waals surface area contributed by atoms with Crippen molar-refractivity contribution in [1.29, 1.82) is 0 Å². The summed E-state index contributed by atoms with van der Waals surface area (Å²) in [6.45, 7) is 3.45. The van der Waals surface area contributed by atoms with Gasteiger partial charge in [0.25, 0.3) is 0 Å². The molecule has 1 N–H and O–H groups in total. The summed E-state index contributed by atoms with van der Waals surface area (Å²) in [5.74, 6) is 0.122. The molecule has 1 amide bonds. The third-order valence-electron chi connectivity index (χ3n) is 3.35. The second kappa shape index (κ2) is 6.68. The quantitative estimate of drug-likeness (QED) is 0.857. The SMILES string of the molecule is CN(C)CC(=O)N[C@@H]1CCN(Cc2ccccc2)C1.